The SMILES string of the molecule is O=C1CNC(=O)N1CCCN1CCO[C@H](c2nccs2)C1. The average Bonchev–Trinajstić information content (AvgIpc) is 3.13. The normalized spacial score (nSPS) is 23.6. The lowest BCUT2D eigenvalue weighted by atomic mass is 10.2. The predicted octanol–water partition coefficient (Wildman–Crippen LogP) is 0.458. The summed E-state index contributed by atoms with van der Waals surface area (Å²) in [5, 5.41) is 5.49. The Morgan fingerprint density at radius 2 is 2.33 bits per heavy atom. The van der Waals surface area contributed by atoms with Crippen molar-refractivity contribution in [3.05, 3.63) is 16.6 Å². The van der Waals surface area contributed by atoms with Crippen LogP contribution in [-0.4, -0.2) is 66.1 Å². The molecule has 0 aromatic carbocycles. The van der Waals surface area contributed by atoms with Crippen LogP contribution in [0.4, 0.5) is 4.79 Å². The van der Waals surface area contributed by atoms with Crippen LogP contribution in [0, 0.1) is 0 Å². The van der Waals surface area contributed by atoms with Crippen molar-refractivity contribution < 1.29 is 14.3 Å². The number of aromatic nitrogens is 1. The van der Waals surface area contributed by atoms with Crippen molar-refractivity contribution in [2.45, 2.75) is 12.5 Å². The van der Waals surface area contributed by atoms with Crippen LogP contribution < -0.4 is 5.32 Å². The third kappa shape index (κ3) is 3.39. The standard InChI is InChI=1S/C13H18N4O3S/c18-11-8-15-13(19)17(11)4-1-3-16-5-6-20-10(9-16)12-14-2-7-21-12/h2,7,10H,1,3-6,8-9H2,(H,15,19)/t10-/m0/s1. The predicted molar refractivity (Wildman–Crippen MR) is 77.0 cm³/mol. The Balaban J connectivity index is 1.45. The van der Waals surface area contributed by atoms with Crippen LogP contribution >= 0.6 is 11.3 Å². The average molecular weight is 310 g/mol. The zero-order valence-corrected chi connectivity index (χ0v) is 12.5. The maximum atomic E-state index is 11.5. The second kappa shape index (κ2) is 6.50. The molecule has 0 spiro atoms. The zero-order valence-electron chi connectivity index (χ0n) is 11.7. The molecule has 0 bridgehead atoms. The van der Waals surface area contributed by atoms with Gasteiger partial charge in [-0.15, -0.1) is 11.3 Å². The maximum Gasteiger partial charge on any atom is 0.324 e. The van der Waals surface area contributed by atoms with E-state index in [0.29, 0.717) is 13.2 Å². The van der Waals surface area contributed by atoms with Gasteiger partial charge in [0.25, 0.3) is 0 Å². The van der Waals surface area contributed by atoms with Gasteiger partial charge in [-0.05, 0) is 6.42 Å². The Morgan fingerprint density at radius 1 is 1.43 bits per heavy atom. The minimum Gasteiger partial charge on any atom is -0.368 e. The summed E-state index contributed by atoms with van der Waals surface area (Å²) in [5.41, 5.74) is 0. The van der Waals surface area contributed by atoms with E-state index in [1.165, 1.54) is 4.90 Å². The second-order valence-corrected chi connectivity index (χ2v) is 6.01. The Labute approximate surface area is 126 Å². The summed E-state index contributed by atoms with van der Waals surface area (Å²) < 4.78 is 5.74. The number of imide groups is 1. The lowest BCUT2D eigenvalue weighted by Crippen LogP contribution is -2.40. The molecular formula is C13H18N4O3S. The Hall–Kier alpha value is -1.51. The number of nitrogens with one attached hydrogen (secondary N) is 1. The van der Waals surface area contributed by atoms with Gasteiger partial charge < -0.3 is 10.1 Å². The van der Waals surface area contributed by atoms with Crippen LogP contribution in [0.25, 0.3) is 0 Å². The van der Waals surface area contributed by atoms with Gasteiger partial charge >= 0.3 is 6.03 Å². The highest BCUT2D eigenvalue weighted by atomic mass is 32.1. The van der Waals surface area contributed by atoms with Gasteiger partial charge in [-0.2, -0.15) is 0 Å². The van der Waals surface area contributed by atoms with Crippen molar-refractivity contribution in [2.24, 2.45) is 0 Å². The minimum absolute atomic E-state index is 0.0375. The van der Waals surface area contributed by atoms with Crippen molar-refractivity contribution in [3.8, 4) is 0 Å². The second-order valence-electron chi connectivity index (χ2n) is 5.09. The molecule has 0 radical (unpaired) electrons. The molecule has 2 saturated heterocycles. The van der Waals surface area contributed by atoms with Gasteiger partial charge in [0, 0.05) is 37.8 Å². The van der Waals surface area contributed by atoms with E-state index >= 15 is 0 Å². The summed E-state index contributed by atoms with van der Waals surface area (Å²) in [7, 11) is 0. The van der Waals surface area contributed by atoms with E-state index in [4.69, 9.17) is 4.74 Å². The number of nitrogens with zero attached hydrogens (tertiary/aromatic N) is 3. The number of morpholine rings is 1. The monoisotopic (exact) mass is 310 g/mol. The van der Waals surface area contributed by atoms with E-state index in [2.05, 4.69) is 15.2 Å². The lowest BCUT2D eigenvalue weighted by Gasteiger charge is -2.32. The molecule has 3 rings (SSSR count). The molecule has 1 N–H and O–H groups in total. The van der Waals surface area contributed by atoms with E-state index in [9.17, 15) is 9.59 Å². The molecule has 0 saturated carbocycles. The van der Waals surface area contributed by atoms with Crippen molar-refractivity contribution in [1.82, 2.24) is 20.1 Å². The van der Waals surface area contributed by atoms with Crippen molar-refractivity contribution >= 4 is 23.3 Å². The Bertz CT molecular complexity index is 492. The third-order valence-corrected chi connectivity index (χ3v) is 4.54. The summed E-state index contributed by atoms with van der Waals surface area (Å²) in [6.07, 6.45) is 2.61. The van der Waals surface area contributed by atoms with Gasteiger partial charge in [0.2, 0.25) is 5.91 Å². The first-order valence-corrected chi connectivity index (χ1v) is 7.93. The summed E-state index contributed by atoms with van der Waals surface area (Å²) in [6.45, 7) is 3.83. The van der Waals surface area contributed by atoms with Crippen LogP contribution in [-0.2, 0) is 9.53 Å². The number of carbonyl (C=O) groups excluding carboxylic acids is 2. The topological polar surface area (TPSA) is 74.8 Å². The number of thiazole rings is 1. The molecule has 1 aromatic heterocycles. The number of carbonyl (C=O) groups is 2. The molecule has 0 aliphatic carbocycles. The van der Waals surface area contributed by atoms with Gasteiger partial charge in [0.05, 0.1) is 13.2 Å². The van der Waals surface area contributed by atoms with Gasteiger partial charge in [-0.3, -0.25) is 14.6 Å². The number of urea groups is 1. The Kier molecular flexibility index (Phi) is 4.47. The number of amides is 3. The highest BCUT2D eigenvalue weighted by Crippen LogP contribution is 2.23. The lowest BCUT2D eigenvalue weighted by molar-refractivity contribution is -0.125. The first-order valence-electron chi connectivity index (χ1n) is 7.05. The molecule has 2 fully saturated rings. The number of rotatable bonds is 5. The molecule has 0 unspecified atom stereocenters. The molecule has 3 amide bonds. The summed E-state index contributed by atoms with van der Waals surface area (Å²) in [6, 6.07) is -0.275. The molecule has 8 heteroatoms. The first kappa shape index (κ1) is 14.4. The van der Waals surface area contributed by atoms with Crippen LogP contribution in [0.1, 0.15) is 17.5 Å². The quantitative estimate of drug-likeness (QED) is 0.800. The molecule has 21 heavy (non-hydrogen) atoms. The van der Waals surface area contributed by atoms with Crippen molar-refractivity contribution in [1.29, 1.82) is 0 Å². The highest BCUT2D eigenvalue weighted by Gasteiger charge is 2.28. The smallest absolute Gasteiger partial charge is 0.324 e. The highest BCUT2D eigenvalue weighted by molar-refractivity contribution is 7.09. The van der Waals surface area contributed by atoms with E-state index in [1.54, 1.807) is 17.5 Å². The van der Waals surface area contributed by atoms with Gasteiger partial charge in [0.15, 0.2) is 0 Å². The van der Waals surface area contributed by atoms with E-state index in [-0.39, 0.29) is 24.6 Å². The van der Waals surface area contributed by atoms with Crippen LogP contribution in [0.5, 0.6) is 0 Å². The largest absolute Gasteiger partial charge is 0.368 e. The summed E-state index contributed by atoms with van der Waals surface area (Å²) in [5.74, 6) is -0.136. The summed E-state index contributed by atoms with van der Waals surface area (Å²) >= 11 is 1.61. The summed E-state index contributed by atoms with van der Waals surface area (Å²) in [4.78, 5) is 30.8. The van der Waals surface area contributed by atoms with Gasteiger partial charge in [-0.1, -0.05) is 0 Å². The van der Waals surface area contributed by atoms with Gasteiger partial charge in [-0.25, -0.2) is 9.78 Å². The maximum absolute atomic E-state index is 11.5. The minimum atomic E-state index is -0.275. The first-order chi connectivity index (χ1) is 10.2. The zero-order chi connectivity index (χ0) is 14.7. The van der Waals surface area contributed by atoms with E-state index in [1.807, 2.05) is 5.38 Å². The fourth-order valence-electron chi connectivity index (χ4n) is 2.58. The number of hydrogen-bond donors (Lipinski definition) is 1. The number of hydrogen-bond acceptors (Lipinski definition) is 6. The fourth-order valence-corrected chi connectivity index (χ4v) is 3.26. The molecule has 1 aromatic rings. The molecule has 1 atom stereocenters. The molecule has 3 heterocycles. The van der Waals surface area contributed by atoms with Crippen LogP contribution in [0.2, 0.25) is 0 Å². The fraction of sp³-hybridized carbons (Fsp3) is 0.615. The van der Waals surface area contributed by atoms with Gasteiger partial charge in [0.1, 0.15) is 11.1 Å². The number of ether oxygens (including phenoxy) is 1. The molecule has 114 valence electrons. The molecule has 2 aliphatic rings. The molecule has 7 nitrogen and oxygen atoms in total. The van der Waals surface area contributed by atoms with E-state index < -0.39 is 0 Å². The van der Waals surface area contributed by atoms with Crippen molar-refractivity contribution in [3.63, 3.8) is 0 Å². The van der Waals surface area contributed by atoms with E-state index in [0.717, 1.165) is 31.1 Å². The molecular weight excluding hydrogens is 292 g/mol. The molecule has 2 aliphatic heterocycles. The third-order valence-electron chi connectivity index (χ3n) is 3.67. The van der Waals surface area contributed by atoms with Crippen LogP contribution in [0.15, 0.2) is 11.6 Å². The van der Waals surface area contributed by atoms with Crippen molar-refractivity contribution in [2.75, 3.05) is 39.3 Å². The Morgan fingerprint density at radius 3 is 3.05 bits per heavy atom. The van der Waals surface area contributed by atoms with Crippen LogP contribution in [0.3, 0.4) is 0 Å².